The van der Waals surface area contributed by atoms with Gasteiger partial charge in [-0.2, -0.15) is 0 Å². The zero-order chi connectivity index (χ0) is 14.3. The van der Waals surface area contributed by atoms with Gasteiger partial charge in [-0.05, 0) is 50.1 Å². The monoisotopic (exact) mass is 264 g/mol. The highest BCUT2D eigenvalue weighted by molar-refractivity contribution is 6.00. The summed E-state index contributed by atoms with van der Waals surface area (Å²) in [6, 6.07) is 7.20. The lowest BCUT2D eigenvalue weighted by atomic mass is 10.1. The van der Waals surface area contributed by atoms with E-state index >= 15 is 0 Å². The summed E-state index contributed by atoms with van der Waals surface area (Å²) in [6.45, 7) is 5.70. The summed E-state index contributed by atoms with van der Waals surface area (Å²) in [7, 11) is 0. The Kier molecular flexibility index (Phi) is 5.85. The summed E-state index contributed by atoms with van der Waals surface area (Å²) in [5, 5.41) is 14.8. The molecule has 1 rings (SSSR count). The van der Waals surface area contributed by atoms with Crippen molar-refractivity contribution in [2.45, 2.75) is 33.2 Å². The summed E-state index contributed by atoms with van der Waals surface area (Å²) in [6.07, 6.45) is 0.646. The largest absolute Gasteiger partial charge is 0.484 e. The Labute approximate surface area is 113 Å². The summed E-state index contributed by atoms with van der Waals surface area (Å²) >= 11 is 0. The van der Waals surface area contributed by atoms with Crippen LogP contribution in [0.25, 0.3) is 0 Å². The molecule has 0 fully saturated rings. The van der Waals surface area contributed by atoms with Gasteiger partial charge in [0, 0.05) is 6.04 Å². The van der Waals surface area contributed by atoms with E-state index in [2.05, 4.69) is 10.5 Å². The molecule has 0 aliphatic carbocycles. The van der Waals surface area contributed by atoms with Gasteiger partial charge in [-0.3, -0.25) is 4.79 Å². The third kappa shape index (κ3) is 4.99. The van der Waals surface area contributed by atoms with Crippen LogP contribution < -0.4 is 10.1 Å². The first-order valence-corrected chi connectivity index (χ1v) is 6.30. The number of rotatable bonds is 6. The van der Waals surface area contributed by atoms with Crippen LogP contribution >= 0.6 is 0 Å². The molecule has 0 spiro atoms. The van der Waals surface area contributed by atoms with E-state index in [-0.39, 0.29) is 18.6 Å². The molecule has 5 heteroatoms. The molecule has 1 aromatic carbocycles. The summed E-state index contributed by atoms with van der Waals surface area (Å²) in [4.78, 5) is 11.4. The third-order valence-corrected chi connectivity index (χ3v) is 2.46. The molecule has 0 aromatic heterocycles. The Morgan fingerprint density at radius 2 is 2.00 bits per heavy atom. The molecule has 5 nitrogen and oxygen atoms in total. The topological polar surface area (TPSA) is 70.9 Å². The number of nitrogens with zero attached hydrogens (tertiary/aromatic N) is 1. The third-order valence-electron chi connectivity index (χ3n) is 2.46. The molecule has 0 heterocycles. The quantitative estimate of drug-likeness (QED) is 0.470. The van der Waals surface area contributed by atoms with Crippen LogP contribution in [0.2, 0.25) is 0 Å². The van der Waals surface area contributed by atoms with Crippen molar-refractivity contribution in [1.29, 1.82) is 0 Å². The maximum absolute atomic E-state index is 11.4. The van der Waals surface area contributed by atoms with Crippen molar-refractivity contribution >= 4 is 11.6 Å². The second-order valence-corrected chi connectivity index (χ2v) is 4.44. The second kappa shape index (κ2) is 7.41. The molecule has 1 amide bonds. The minimum absolute atomic E-state index is 0.00769. The molecule has 1 aromatic rings. The Balaban J connectivity index is 2.55. The van der Waals surface area contributed by atoms with Crippen molar-refractivity contribution in [2.24, 2.45) is 5.16 Å². The van der Waals surface area contributed by atoms with Gasteiger partial charge in [-0.15, -0.1) is 0 Å². The Morgan fingerprint density at radius 3 is 2.47 bits per heavy atom. The predicted octanol–water partition coefficient (Wildman–Crippen LogP) is 2.18. The summed E-state index contributed by atoms with van der Waals surface area (Å²) in [5.74, 6) is 0.460. The van der Waals surface area contributed by atoms with Gasteiger partial charge < -0.3 is 15.3 Å². The zero-order valence-corrected chi connectivity index (χ0v) is 11.5. The maximum Gasteiger partial charge on any atom is 0.258 e. The molecule has 0 bridgehead atoms. The number of ether oxygens (including phenoxy) is 1. The Bertz CT molecular complexity index is 439. The van der Waals surface area contributed by atoms with Crippen molar-refractivity contribution in [2.75, 3.05) is 6.61 Å². The van der Waals surface area contributed by atoms with Crippen LogP contribution in [-0.4, -0.2) is 29.5 Å². The standard InChI is InChI=1S/C14H20N2O3/c1-4-13(16-18)11-5-7-12(8-6-11)19-9-14(17)15-10(2)3/h5-8,10,18H,4,9H2,1-3H3,(H,15,17)/b16-13+. The van der Waals surface area contributed by atoms with Gasteiger partial charge in [0.2, 0.25) is 0 Å². The number of amides is 1. The molecule has 19 heavy (non-hydrogen) atoms. The lowest BCUT2D eigenvalue weighted by Gasteiger charge is -2.10. The van der Waals surface area contributed by atoms with Crippen LogP contribution in [0.15, 0.2) is 29.4 Å². The minimum Gasteiger partial charge on any atom is -0.484 e. The van der Waals surface area contributed by atoms with Crippen LogP contribution in [-0.2, 0) is 4.79 Å². The van der Waals surface area contributed by atoms with Gasteiger partial charge >= 0.3 is 0 Å². The predicted molar refractivity (Wildman–Crippen MR) is 73.8 cm³/mol. The fraction of sp³-hybridized carbons (Fsp3) is 0.429. The zero-order valence-electron chi connectivity index (χ0n) is 11.5. The highest BCUT2D eigenvalue weighted by Gasteiger charge is 2.05. The van der Waals surface area contributed by atoms with Crippen LogP contribution in [0.5, 0.6) is 5.75 Å². The molecule has 0 aliphatic rings. The first kappa shape index (κ1) is 15.0. The van der Waals surface area contributed by atoms with Gasteiger partial charge in [-0.25, -0.2) is 0 Å². The Hall–Kier alpha value is -2.04. The Morgan fingerprint density at radius 1 is 1.37 bits per heavy atom. The fourth-order valence-electron chi connectivity index (χ4n) is 1.59. The van der Waals surface area contributed by atoms with Gasteiger partial charge in [0.1, 0.15) is 5.75 Å². The van der Waals surface area contributed by atoms with Crippen molar-refractivity contribution < 1.29 is 14.7 Å². The van der Waals surface area contributed by atoms with E-state index in [0.717, 1.165) is 5.56 Å². The number of carbonyl (C=O) groups excluding carboxylic acids is 1. The van der Waals surface area contributed by atoms with Crippen LogP contribution in [0.4, 0.5) is 0 Å². The van der Waals surface area contributed by atoms with Gasteiger partial charge in [0.25, 0.3) is 5.91 Å². The minimum atomic E-state index is -0.148. The van der Waals surface area contributed by atoms with E-state index in [1.54, 1.807) is 24.3 Å². The number of carbonyl (C=O) groups is 1. The molecule has 2 N–H and O–H groups in total. The van der Waals surface area contributed by atoms with Crippen LogP contribution in [0, 0.1) is 0 Å². The second-order valence-electron chi connectivity index (χ2n) is 4.44. The van der Waals surface area contributed by atoms with E-state index in [9.17, 15) is 4.79 Å². The van der Waals surface area contributed by atoms with Crippen LogP contribution in [0.3, 0.4) is 0 Å². The van der Waals surface area contributed by atoms with Gasteiger partial charge in [-0.1, -0.05) is 12.1 Å². The molecule has 104 valence electrons. The lowest BCUT2D eigenvalue weighted by molar-refractivity contribution is -0.123. The normalized spacial score (nSPS) is 11.5. The average Bonchev–Trinajstić information content (AvgIpc) is 2.38. The highest BCUT2D eigenvalue weighted by Crippen LogP contribution is 2.13. The first-order valence-electron chi connectivity index (χ1n) is 6.30. The number of oxime groups is 1. The molecule has 0 radical (unpaired) electrons. The molecule has 0 aliphatic heterocycles. The summed E-state index contributed by atoms with van der Waals surface area (Å²) < 4.78 is 5.36. The smallest absolute Gasteiger partial charge is 0.258 e. The maximum atomic E-state index is 11.4. The van der Waals surface area contributed by atoms with Gasteiger partial charge in [0.15, 0.2) is 6.61 Å². The molecule has 0 unspecified atom stereocenters. The lowest BCUT2D eigenvalue weighted by Crippen LogP contribution is -2.34. The van der Waals surface area contributed by atoms with E-state index < -0.39 is 0 Å². The number of benzene rings is 1. The number of hydrogen-bond acceptors (Lipinski definition) is 4. The van der Waals surface area contributed by atoms with E-state index in [0.29, 0.717) is 17.9 Å². The van der Waals surface area contributed by atoms with E-state index in [4.69, 9.17) is 9.94 Å². The van der Waals surface area contributed by atoms with Crippen molar-refractivity contribution in [3.05, 3.63) is 29.8 Å². The average molecular weight is 264 g/mol. The molecular formula is C14H20N2O3. The van der Waals surface area contributed by atoms with Crippen molar-refractivity contribution in [3.8, 4) is 5.75 Å². The molecular weight excluding hydrogens is 244 g/mol. The number of hydrogen-bond donors (Lipinski definition) is 2. The van der Waals surface area contributed by atoms with E-state index in [1.807, 2.05) is 20.8 Å². The molecule has 0 saturated heterocycles. The fourth-order valence-corrected chi connectivity index (χ4v) is 1.59. The highest BCUT2D eigenvalue weighted by atomic mass is 16.5. The first-order chi connectivity index (χ1) is 9.06. The summed E-state index contributed by atoms with van der Waals surface area (Å²) in [5.41, 5.74) is 1.45. The molecule has 0 saturated carbocycles. The van der Waals surface area contributed by atoms with Crippen LogP contribution in [0.1, 0.15) is 32.8 Å². The number of nitrogens with one attached hydrogen (secondary N) is 1. The van der Waals surface area contributed by atoms with Crippen molar-refractivity contribution in [3.63, 3.8) is 0 Å². The van der Waals surface area contributed by atoms with Crippen molar-refractivity contribution in [1.82, 2.24) is 5.32 Å². The van der Waals surface area contributed by atoms with E-state index in [1.165, 1.54) is 0 Å². The van der Waals surface area contributed by atoms with Gasteiger partial charge in [0.05, 0.1) is 5.71 Å². The SMILES string of the molecule is CC/C(=N\O)c1ccc(OCC(=O)NC(C)C)cc1. The molecule has 0 atom stereocenters.